The normalized spacial score (nSPS) is 13.6. The molecule has 0 radical (unpaired) electrons. The van der Waals surface area contributed by atoms with Gasteiger partial charge in [0.2, 0.25) is 0 Å². The highest BCUT2D eigenvalue weighted by Crippen LogP contribution is 2.38. The predicted octanol–water partition coefficient (Wildman–Crippen LogP) is 5.38. The van der Waals surface area contributed by atoms with Crippen LogP contribution >= 0.6 is 0 Å². The van der Waals surface area contributed by atoms with Crippen molar-refractivity contribution in [2.45, 2.75) is 65.4 Å². The Bertz CT molecular complexity index is 860. The molecule has 0 bridgehead atoms. The zero-order valence-corrected chi connectivity index (χ0v) is 18.7. The second-order valence-electron chi connectivity index (χ2n) is 9.07. The van der Waals surface area contributed by atoms with Crippen LogP contribution in [0.5, 0.6) is 11.5 Å². The van der Waals surface area contributed by atoms with Gasteiger partial charge in [0, 0.05) is 11.8 Å². The fourth-order valence-electron chi connectivity index (χ4n) is 3.15. The zero-order valence-electron chi connectivity index (χ0n) is 18.7. The predicted molar refractivity (Wildman–Crippen MR) is 117 cm³/mol. The van der Waals surface area contributed by atoms with Gasteiger partial charge in [-0.1, -0.05) is 45.0 Å². The summed E-state index contributed by atoms with van der Waals surface area (Å²) >= 11 is 0. The van der Waals surface area contributed by atoms with Crippen LogP contribution in [0.2, 0.25) is 0 Å². The third-order valence-corrected chi connectivity index (χ3v) is 4.93. The zero-order chi connectivity index (χ0) is 22.5. The van der Waals surface area contributed by atoms with Crippen molar-refractivity contribution in [3.05, 3.63) is 59.7 Å². The van der Waals surface area contributed by atoms with Crippen LogP contribution in [-0.2, 0) is 19.7 Å². The number of carbonyl (C=O) groups is 2. The maximum Gasteiger partial charge on any atom is 0.313 e. The summed E-state index contributed by atoms with van der Waals surface area (Å²) in [4.78, 5) is 24.2. The van der Waals surface area contributed by atoms with Gasteiger partial charge in [-0.3, -0.25) is 9.59 Å². The van der Waals surface area contributed by atoms with E-state index in [1.54, 1.807) is 38.1 Å². The molecular weight excluding hydrogens is 380 g/mol. The monoisotopic (exact) mass is 412 g/mol. The smallest absolute Gasteiger partial charge is 0.313 e. The van der Waals surface area contributed by atoms with Crippen LogP contribution in [0.4, 0.5) is 0 Å². The summed E-state index contributed by atoms with van der Waals surface area (Å²) in [5, 5.41) is 9.68. The van der Waals surface area contributed by atoms with E-state index in [4.69, 9.17) is 9.47 Å². The van der Waals surface area contributed by atoms with E-state index >= 15 is 0 Å². The van der Waals surface area contributed by atoms with E-state index in [0.717, 1.165) is 11.1 Å². The minimum Gasteiger partial charge on any atom is -0.508 e. The lowest BCUT2D eigenvalue weighted by atomic mass is 9.73. The van der Waals surface area contributed by atoms with Crippen molar-refractivity contribution < 1.29 is 24.2 Å². The number of hydrogen-bond donors (Lipinski definition) is 1. The van der Waals surface area contributed by atoms with Gasteiger partial charge in [-0.15, -0.1) is 0 Å². The molecule has 0 aliphatic rings. The number of phenolic OH excluding ortho intramolecular Hbond substituents is 1. The van der Waals surface area contributed by atoms with E-state index in [1.165, 1.54) is 0 Å². The number of carbonyl (C=O) groups excluding carboxylic acids is 2. The summed E-state index contributed by atoms with van der Waals surface area (Å²) in [5.41, 5.74) is 0.913. The minimum atomic E-state index is -0.534. The van der Waals surface area contributed by atoms with Crippen LogP contribution in [-0.4, -0.2) is 22.6 Å². The Labute approximate surface area is 179 Å². The SMILES string of the molecule is CC(C)C(=O)Oc1ccc(C(C)(CCC(=O)OC(C)(C)C)c2ccc(O)cc2)cc1. The molecule has 0 aromatic heterocycles. The van der Waals surface area contributed by atoms with Crippen molar-refractivity contribution in [2.24, 2.45) is 5.92 Å². The summed E-state index contributed by atoms with van der Waals surface area (Å²) in [5.74, 6) is -0.0773. The van der Waals surface area contributed by atoms with E-state index in [0.29, 0.717) is 12.2 Å². The first kappa shape index (κ1) is 23.5. The van der Waals surface area contributed by atoms with E-state index in [9.17, 15) is 14.7 Å². The standard InChI is InChI=1S/C25H32O5/c1-17(2)23(28)29-21-13-9-19(10-14-21)25(6,18-7-11-20(26)12-8-18)16-15-22(27)30-24(3,4)5/h7-14,17,26H,15-16H2,1-6H3. The average Bonchev–Trinajstić information content (AvgIpc) is 2.66. The average molecular weight is 413 g/mol. The van der Waals surface area contributed by atoms with Crippen molar-refractivity contribution in [1.82, 2.24) is 0 Å². The molecule has 0 aliphatic heterocycles. The molecule has 0 fully saturated rings. The van der Waals surface area contributed by atoms with Crippen molar-refractivity contribution >= 4 is 11.9 Å². The lowest BCUT2D eigenvalue weighted by molar-refractivity contribution is -0.155. The number of rotatable bonds is 7. The Morgan fingerprint density at radius 2 is 1.40 bits per heavy atom. The Kier molecular flexibility index (Phi) is 7.30. The van der Waals surface area contributed by atoms with E-state index in [2.05, 4.69) is 6.92 Å². The highest BCUT2D eigenvalue weighted by molar-refractivity contribution is 5.74. The maximum atomic E-state index is 12.3. The third-order valence-electron chi connectivity index (χ3n) is 4.93. The summed E-state index contributed by atoms with van der Waals surface area (Å²) in [6.45, 7) is 11.2. The lowest BCUT2D eigenvalue weighted by Crippen LogP contribution is -2.28. The quantitative estimate of drug-likeness (QED) is 0.488. The van der Waals surface area contributed by atoms with E-state index < -0.39 is 11.0 Å². The lowest BCUT2D eigenvalue weighted by Gasteiger charge is -2.31. The molecule has 0 spiro atoms. The molecule has 0 heterocycles. The molecule has 1 N–H and O–H groups in total. The van der Waals surface area contributed by atoms with Crippen LogP contribution in [0.1, 0.15) is 65.5 Å². The molecule has 2 aromatic carbocycles. The molecule has 5 nitrogen and oxygen atoms in total. The fourth-order valence-corrected chi connectivity index (χ4v) is 3.15. The van der Waals surface area contributed by atoms with Gasteiger partial charge in [0.15, 0.2) is 0 Å². The molecule has 1 unspecified atom stereocenters. The number of benzene rings is 2. The summed E-state index contributed by atoms with van der Waals surface area (Å²) in [7, 11) is 0. The second kappa shape index (κ2) is 9.33. The molecule has 0 amide bonds. The van der Waals surface area contributed by atoms with Gasteiger partial charge >= 0.3 is 11.9 Å². The van der Waals surface area contributed by atoms with Gasteiger partial charge in [-0.2, -0.15) is 0 Å². The first-order valence-corrected chi connectivity index (χ1v) is 10.2. The molecule has 1 atom stereocenters. The number of ether oxygens (including phenoxy) is 2. The molecule has 30 heavy (non-hydrogen) atoms. The summed E-state index contributed by atoms with van der Waals surface area (Å²) in [6, 6.07) is 14.3. The highest BCUT2D eigenvalue weighted by Gasteiger charge is 2.31. The van der Waals surface area contributed by atoms with Crippen molar-refractivity contribution in [2.75, 3.05) is 0 Å². The fraction of sp³-hybridized carbons (Fsp3) is 0.440. The third kappa shape index (κ3) is 6.34. The second-order valence-corrected chi connectivity index (χ2v) is 9.07. The Hall–Kier alpha value is -2.82. The molecule has 0 saturated carbocycles. The molecular formula is C25H32O5. The topological polar surface area (TPSA) is 72.8 Å². The number of esters is 2. The van der Waals surface area contributed by atoms with E-state index in [1.807, 2.05) is 45.0 Å². The van der Waals surface area contributed by atoms with Gasteiger partial charge in [-0.05, 0) is 62.6 Å². The van der Waals surface area contributed by atoms with Crippen LogP contribution < -0.4 is 4.74 Å². The molecule has 0 aliphatic carbocycles. The molecule has 2 aromatic rings. The number of hydrogen-bond acceptors (Lipinski definition) is 5. The number of phenols is 1. The van der Waals surface area contributed by atoms with Crippen LogP contribution in [0.25, 0.3) is 0 Å². The van der Waals surface area contributed by atoms with E-state index in [-0.39, 0.29) is 30.0 Å². The summed E-state index contributed by atoms with van der Waals surface area (Å²) < 4.78 is 10.8. The van der Waals surface area contributed by atoms with Gasteiger partial charge in [0.25, 0.3) is 0 Å². The number of aromatic hydroxyl groups is 1. The minimum absolute atomic E-state index is 0.184. The molecule has 2 rings (SSSR count). The largest absolute Gasteiger partial charge is 0.508 e. The van der Waals surface area contributed by atoms with Gasteiger partial charge in [0.1, 0.15) is 17.1 Å². The molecule has 0 saturated heterocycles. The van der Waals surface area contributed by atoms with Gasteiger partial charge in [-0.25, -0.2) is 0 Å². The Morgan fingerprint density at radius 3 is 1.87 bits per heavy atom. The van der Waals surface area contributed by atoms with Crippen LogP contribution in [0, 0.1) is 5.92 Å². The van der Waals surface area contributed by atoms with Crippen LogP contribution in [0.15, 0.2) is 48.5 Å². The first-order valence-electron chi connectivity index (χ1n) is 10.2. The maximum absolute atomic E-state index is 12.3. The molecule has 162 valence electrons. The Morgan fingerprint density at radius 1 is 0.900 bits per heavy atom. The van der Waals surface area contributed by atoms with Crippen molar-refractivity contribution in [3.63, 3.8) is 0 Å². The Balaban J connectivity index is 2.30. The van der Waals surface area contributed by atoms with Gasteiger partial charge < -0.3 is 14.6 Å². The van der Waals surface area contributed by atoms with Crippen LogP contribution in [0.3, 0.4) is 0 Å². The highest BCUT2D eigenvalue weighted by atomic mass is 16.6. The van der Waals surface area contributed by atoms with Crippen molar-refractivity contribution in [1.29, 1.82) is 0 Å². The van der Waals surface area contributed by atoms with Crippen molar-refractivity contribution in [3.8, 4) is 11.5 Å². The molecule has 5 heteroatoms. The first-order chi connectivity index (χ1) is 13.9. The van der Waals surface area contributed by atoms with Gasteiger partial charge in [0.05, 0.1) is 5.92 Å². The summed E-state index contributed by atoms with van der Waals surface area (Å²) in [6.07, 6.45) is 0.774.